The zero-order chi connectivity index (χ0) is 45.5. The molecule has 0 aliphatic carbocycles. The third-order valence-corrected chi connectivity index (χ3v) is 10.6. The number of hydrogen-bond donors (Lipinski definition) is 1. The zero-order valence-electron chi connectivity index (χ0n) is 35.7. The van der Waals surface area contributed by atoms with Crippen LogP contribution in [0.5, 0.6) is 11.5 Å². The molecule has 2 unspecified atom stereocenters. The number of halogens is 1. The van der Waals surface area contributed by atoms with Crippen molar-refractivity contribution in [2.24, 2.45) is 0 Å². The summed E-state index contributed by atoms with van der Waals surface area (Å²) >= 11 is 4.64. The van der Waals surface area contributed by atoms with Gasteiger partial charge in [0, 0.05) is 37.7 Å². The Kier molecular flexibility index (Phi) is 15.6. The molecular weight excluding hydrogens is 848 g/mol. The molecule has 0 amide bonds. The zero-order valence-corrected chi connectivity index (χ0v) is 36.5. The number of carbonyl (C=O) groups excluding carboxylic acids is 4. The van der Waals surface area contributed by atoms with E-state index in [1.54, 1.807) is 32.0 Å². The fraction of sp³-hybridized carbons (Fsp3) is 0.500. The van der Waals surface area contributed by atoms with Gasteiger partial charge in [-0.15, -0.1) is 0 Å². The number of aliphatic hydroxyl groups is 1. The first-order chi connectivity index (χ1) is 30.3. The number of carbonyl (C=O) groups is 4. The Morgan fingerprint density at radius 1 is 0.635 bits per heavy atom. The summed E-state index contributed by atoms with van der Waals surface area (Å²) < 4.78 is 53.8. The second-order valence-electron chi connectivity index (χ2n) is 14.7. The second kappa shape index (κ2) is 20.9. The van der Waals surface area contributed by atoms with Crippen LogP contribution < -0.4 is 20.6 Å². The highest BCUT2D eigenvalue weighted by molar-refractivity contribution is 6.62. The predicted octanol–water partition coefficient (Wildman–Crippen LogP) is 3.55. The van der Waals surface area contributed by atoms with Gasteiger partial charge in [-0.1, -0.05) is 24.3 Å². The first-order valence-corrected chi connectivity index (χ1v) is 21.1. The molecular formula is C44H51ClN2O16. The van der Waals surface area contributed by atoms with Gasteiger partial charge in [0.15, 0.2) is 29.4 Å². The molecule has 8 rings (SSSR count). The lowest BCUT2D eigenvalue weighted by atomic mass is 10.1. The topological polar surface area (TPSA) is 216 Å². The van der Waals surface area contributed by atoms with Crippen LogP contribution in [0.1, 0.15) is 62.3 Å². The van der Waals surface area contributed by atoms with E-state index < -0.39 is 77.9 Å². The summed E-state index contributed by atoms with van der Waals surface area (Å²) in [5.41, 5.74) is 0.0945. The van der Waals surface area contributed by atoms with Crippen LogP contribution in [0.4, 0.5) is 0 Å². The lowest BCUT2D eigenvalue weighted by Gasteiger charge is -2.22. The number of ether oxygens (including phenoxy) is 9. The molecule has 1 N–H and O–H groups in total. The lowest BCUT2D eigenvalue weighted by molar-refractivity contribution is -0.151. The van der Waals surface area contributed by atoms with Crippen molar-refractivity contribution in [3.05, 3.63) is 80.4 Å². The van der Waals surface area contributed by atoms with Crippen LogP contribution >= 0.6 is 11.6 Å². The number of aliphatic hydroxyl groups excluding tert-OH is 1. The normalized spacial score (nSPS) is 24.3. The van der Waals surface area contributed by atoms with Crippen molar-refractivity contribution in [3.8, 4) is 11.5 Å². The molecule has 0 saturated carbocycles. The summed E-state index contributed by atoms with van der Waals surface area (Å²) in [5.74, 6) is -1.56. The van der Waals surface area contributed by atoms with E-state index in [1.807, 2.05) is 44.2 Å². The van der Waals surface area contributed by atoms with Crippen molar-refractivity contribution in [2.45, 2.75) is 103 Å². The Balaban J connectivity index is 0.000000194. The molecule has 2 aromatic carbocycles. The van der Waals surface area contributed by atoms with Gasteiger partial charge >= 0.3 is 17.9 Å². The molecule has 4 aliphatic rings. The van der Waals surface area contributed by atoms with Crippen molar-refractivity contribution in [1.29, 1.82) is 0 Å². The Morgan fingerprint density at radius 2 is 1.02 bits per heavy atom. The summed E-state index contributed by atoms with van der Waals surface area (Å²) in [7, 11) is 0. The Morgan fingerprint density at radius 3 is 1.44 bits per heavy atom. The number of para-hydroxylation sites is 2. The highest BCUT2D eigenvalue weighted by Gasteiger charge is 2.51. The molecule has 4 saturated heterocycles. The van der Waals surface area contributed by atoms with Gasteiger partial charge < -0.3 is 56.9 Å². The van der Waals surface area contributed by atoms with Gasteiger partial charge in [-0.3, -0.25) is 19.2 Å². The number of aromatic nitrogens is 2. The van der Waals surface area contributed by atoms with E-state index in [4.69, 9.17) is 42.6 Å². The molecule has 0 spiro atoms. The first kappa shape index (κ1) is 47.1. The highest BCUT2D eigenvalue weighted by Crippen LogP contribution is 2.37. The molecule has 340 valence electrons. The van der Waals surface area contributed by atoms with Crippen molar-refractivity contribution >= 4 is 56.6 Å². The number of aryl methyl sites for hydroxylation is 2. The Bertz CT molecular complexity index is 2450. The number of benzene rings is 2. The third kappa shape index (κ3) is 9.90. The quantitative estimate of drug-likeness (QED) is 0.129. The minimum Gasteiger partial charge on any atom is -0.483 e. The molecule has 2 aromatic heterocycles. The average Bonchev–Trinajstić information content (AvgIpc) is 4.03. The molecule has 0 radical (unpaired) electrons. The van der Waals surface area contributed by atoms with Gasteiger partial charge in [0.25, 0.3) is 11.1 Å². The fourth-order valence-electron chi connectivity index (χ4n) is 8.09. The lowest BCUT2D eigenvalue weighted by Crippen LogP contribution is -2.37. The largest absolute Gasteiger partial charge is 0.483 e. The van der Waals surface area contributed by atoms with Crippen LogP contribution in [0, 0.1) is 0 Å². The third-order valence-electron chi connectivity index (χ3n) is 10.6. The van der Waals surface area contributed by atoms with Crippen molar-refractivity contribution in [3.63, 3.8) is 0 Å². The average molecular weight is 899 g/mol. The number of esters is 3. The van der Waals surface area contributed by atoms with E-state index >= 15 is 0 Å². The number of pyridine rings is 2. The predicted molar refractivity (Wildman–Crippen MR) is 226 cm³/mol. The molecule has 0 bridgehead atoms. The minimum atomic E-state index is -0.740. The van der Waals surface area contributed by atoms with Gasteiger partial charge in [0.05, 0.1) is 50.7 Å². The molecule has 18 nitrogen and oxygen atoms in total. The van der Waals surface area contributed by atoms with E-state index in [0.29, 0.717) is 34.9 Å². The van der Waals surface area contributed by atoms with E-state index in [9.17, 15) is 33.9 Å². The molecule has 4 fully saturated rings. The smallest absolute Gasteiger partial charge is 0.347 e. The highest BCUT2D eigenvalue weighted by atomic mass is 35.5. The van der Waals surface area contributed by atoms with Crippen LogP contribution in [0.3, 0.4) is 0 Å². The summed E-state index contributed by atoms with van der Waals surface area (Å²) in [6.07, 6.45) is -4.27. The Labute approximate surface area is 366 Å². The van der Waals surface area contributed by atoms with Gasteiger partial charge in [-0.2, -0.15) is 0 Å². The van der Waals surface area contributed by atoms with Crippen molar-refractivity contribution < 1.29 is 66.9 Å². The summed E-state index contributed by atoms with van der Waals surface area (Å²) in [6, 6.07) is 14.5. The van der Waals surface area contributed by atoms with Crippen molar-refractivity contribution in [2.75, 3.05) is 39.6 Å². The molecule has 63 heavy (non-hydrogen) atoms. The fourth-order valence-corrected chi connectivity index (χ4v) is 8.09. The van der Waals surface area contributed by atoms with Crippen molar-refractivity contribution in [1.82, 2.24) is 9.13 Å². The second-order valence-corrected chi connectivity index (χ2v) is 15.2. The standard InChI is InChI=1S/C22H25NO8.C20H23NO7.C2H3ClO/c1-4-23-14-9-7-6-8-13(14)18(17(21(23)25)22(26)27-5-2)31-16-11-29-19-15(30-12(3)24)10-28-20(16)19;1-3-21-12-8-6-5-7-11(12)16(15(19(21)23)20(24)25-4-2)28-14-10-27-17-13(22)9-26-18(14)17;1-2(3)4/h6-9,15-16,19-20H,4-5,10-11H2,1-3H3;5-8,13-14,17-18,22H,3-4,9-10H2,1-2H3;1H3/t15-,16?,19+,20+;13-,14?,17+,18+;/m00./s1. The van der Waals surface area contributed by atoms with Crippen LogP contribution in [0.25, 0.3) is 21.8 Å². The maximum Gasteiger partial charge on any atom is 0.347 e. The van der Waals surface area contributed by atoms with Crippen LogP contribution in [0.15, 0.2) is 58.1 Å². The van der Waals surface area contributed by atoms with Crippen LogP contribution in [-0.4, -0.2) is 126 Å². The maximum absolute atomic E-state index is 13.2. The molecule has 6 heterocycles. The van der Waals surface area contributed by atoms with Gasteiger partial charge in [-0.25, -0.2) is 9.59 Å². The minimum absolute atomic E-state index is 0.126. The van der Waals surface area contributed by atoms with Crippen LogP contribution in [-0.2, 0) is 55.8 Å². The Hall–Kier alpha value is -5.37. The molecule has 19 heteroatoms. The summed E-state index contributed by atoms with van der Waals surface area (Å²) in [5, 5.41) is 10.8. The molecule has 4 aromatic rings. The van der Waals surface area contributed by atoms with E-state index in [1.165, 1.54) is 23.0 Å². The van der Waals surface area contributed by atoms with Gasteiger partial charge in [-0.05, 0) is 63.6 Å². The van der Waals surface area contributed by atoms with Crippen LogP contribution in [0.2, 0.25) is 0 Å². The van der Waals surface area contributed by atoms with Gasteiger partial charge in [0.2, 0.25) is 5.24 Å². The van der Waals surface area contributed by atoms with Gasteiger partial charge in [0.1, 0.15) is 42.0 Å². The first-order valence-electron chi connectivity index (χ1n) is 20.7. The summed E-state index contributed by atoms with van der Waals surface area (Å²) in [6.45, 7) is 11.4. The molecule has 8 atom stereocenters. The monoisotopic (exact) mass is 898 g/mol. The summed E-state index contributed by atoms with van der Waals surface area (Å²) in [4.78, 5) is 72.2. The van der Waals surface area contributed by atoms with E-state index in [0.717, 1.165) is 0 Å². The maximum atomic E-state index is 13.2. The number of hydrogen-bond acceptors (Lipinski definition) is 16. The van der Waals surface area contributed by atoms with E-state index in [2.05, 4.69) is 11.6 Å². The number of nitrogens with zero attached hydrogens (tertiary/aromatic N) is 2. The SMILES string of the molecule is CC(=O)Cl.CCOC(=O)c1c(OC2CO[C@@H]3[C@@H](OC(C)=O)CO[C@H]23)c2ccccc2n(CC)c1=O.CCOC(=O)c1c(OC2CO[C@H]3[C@@H]2OC[C@@H]3O)c2ccccc2n(CC)c1=O. The number of rotatable bonds is 11. The molecule has 4 aliphatic heterocycles. The number of fused-ring (bicyclic) bond motifs is 4. The van der Waals surface area contributed by atoms with E-state index in [-0.39, 0.29) is 67.5 Å².